The Kier molecular flexibility index (Phi) is 6.03. The number of ether oxygens (including phenoxy) is 1. The molecule has 0 unspecified atom stereocenters. The van der Waals surface area contributed by atoms with E-state index in [9.17, 15) is 19.7 Å². The van der Waals surface area contributed by atoms with E-state index in [1.807, 2.05) is 30.3 Å². The topological polar surface area (TPSA) is 112 Å². The number of nitrogens with one attached hydrogen (secondary N) is 1. The van der Waals surface area contributed by atoms with E-state index in [0.29, 0.717) is 5.76 Å². The van der Waals surface area contributed by atoms with Gasteiger partial charge in [0.05, 0.1) is 16.5 Å². The molecule has 1 atom stereocenters. The fourth-order valence-corrected chi connectivity index (χ4v) is 2.71. The first kappa shape index (κ1) is 19.8. The number of rotatable bonds is 7. The zero-order chi connectivity index (χ0) is 20.8. The standard InChI is InChI=1S/C21H18N2O6/c1-14(19-12-16-7-3-5-9-18(16)29-19)22-20(24)13-28-21(25)11-10-15-6-2-4-8-17(15)23(26)27/h2-12,14H,13H2,1H3,(H,22,24)/b11-10+/t14-/m1/s1. The van der Waals surface area contributed by atoms with Gasteiger partial charge in [0.1, 0.15) is 11.3 Å². The number of benzene rings is 2. The normalized spacial score (nSPS) is 12.0. The number of amides is 1. The minimum Gasteiger partial charge on any atom is -0.459 e. The van der Waals surface area contributed by atoms with Crippen LogP contribution >= 0.6 is 0 Å². The van der Waals surface area contributed by atoms with Crippen molar-refractivity contribution < 1.29 is 23.7 Å². The second-order valence-electron chi connectivity index (χ2n) is 6.23. The van der Waals surface area contributed by atoms with E-state index in [4.69, 9.17) is 9.15 Å². The SMILES string of the molecule is C[C@@H](NC(=O)COC(=O)/C=C/c1ccccc1[N+](=O)[O-])c1cc2ccccc2o1. The summed E-state index contributed by atoms with van der Waals surface area (Å²) in [6.07, 6.45) is 2.31. The lowest BCUT2D eigenvalue weighted by Gasteiger charge is -2.11. The van der Waals surface area contributed by atoms with Gasteiger partial charge in [0, 0.05) is 17.5 Å². The molecular formula is C21H18N2O6. The lowest BCUT2D eigenvalue weighted by molar-refractivity contribution is -0.385. The quantitative estimate of drug-likeness (QED) is 0.282. The summed E-state index contributed by atoms with van der Waals surface area (Å²) in [5.74, 6) is -0.692. The average Bonchev–Trinajstić information content (AvgIpc) is 3.15. The van der Waals surface area contributed by atoms with Crippen LogP contribution in [-0.2, 0) is 14.3 Å². The maximum Gasteiger partial charge on any atom is 0.331 e. The number of para-hydroxylation sites is 2. The summed E-state index contributed by atoms with van der Waals surface area (Å²) in [4.78, 5) is 34.2. The highest BCUT2D eigenvalue weighted by Gasteiger charge is 2.15. The van der Waals surface area contributed by atoms with Crippen LogP contribution in [0.5, 0.6) is 0 Å². The first-order chi connectivity index (χ1) is 13.9. The molecule has 148 valence electrons. The molecule has 2 aromatic carbocycles. The Bertz CT molecular complexity index is 1050. The van der Waals surface area contributed by atoms with E-state index in [0.717, 1.165) is 17.0 Å². The molecule has 8 nitrogen and oxygen atoms in total. The van der Waals surface area contributed by atoms with Crippen LogP contribution in [0, 0.1) is 10.1 Å². The highest BCUT2D eigenvalue weighted by atomic mass is 16.6. The van der Waals surface area contributed by atoms with Crippen LogP contribution in [-0.4, -0.2) is 23.4 Å². The van der Waals surface area contributed by atoms with Crippen LogP contribution in [0.15, 0.2) is 65.1 Å². The third kappa shape index (κ3) is 5.07. The summed E-state index contributed by atoms with van der Waals surface area (Å²) in [6.45, 7) is 1.27. The summed E-state index contributed by atoms with van der Waals surface area (Å²) in [7, 11) is 0. The summed E-state index contributed by atoms with van der Waals surface area (Å²) >= 11 is 0. The first-order valence-corrected chi connectivity index (χ1v) is 8.80. The number of carbonyl (C=O) groups is 2. The van der Waals surface area contributed by atoms with Crippen molar-refractivity contribution in [3.63, 3.8) is 0 Å². The van der Waals surface area contributed by atoms with E-state index in [2.05, 4.69) is 5.32 Å². The molecule has 0 aliphatic heterocycles. The van der Waals surface area contributed by atoms with Crippen molar-refractivity contribution in [2.24, 2.45) is 0 Å². The second-order valence-corrected chi connectivity index (χ2v) is 6.23. The summed E-state index contributed by atoms with van der Waals surface area (Å²) in [5, 5.41) is 14.6. The molecule has 3 rings (SSSR count). The molecule has 1 N–H and O–H groups in total. The van der Waals surface area contributed by atoms with Gasteiger partial charge in [-0.1, -0.05) is 30.3 Å². The van der Waals surface area contributed by atoms with E-state index < -0.39 is 29.4 Å². The van der Waals surface area contributed by atoms with Gasteiger partial charge in [0.15, 0.2) is 6.61 Å². The molecule has 0 fully saturated rings. The van der Waals surface area contributed by atoms with Gasteiger partial charge in [-0.25, -0.2) is 4.79 Å². The number of furan rings is 1. The van der Waals surface area contributed by atoms with Gasteiger partial charge in [0.25, 0.3) is 11.6 Å². The smallest absolute Gasteiger partial charge is 0.331 e. The van der Waals surface area contributed by atoms with Gasteiger partial charge in [-0.15, -0.1) is 0 Å². The molecule has 1 aromatic heterocycles. The average molecular weight is 394 g/mol. The molecule has 0 saturated heterocycles. The lowest BCUT2D eigenvalue weighted by atomic mass is 10.1. The van der Waals surface area contributed by atoms with Gasteiger partial charge in [-0.2, -0.15) is 0 Å². The molecule has 0 bridgehead atoms. The van der Waals surface area contributed by atoms with Gasteiger partial charge >= 0.3 is 5.97 Å². The number of fused-ring (bicyclic) bond motifs is 1. The molecule has 0 spiro atoms. The number of hydrogen-bond acceptors (Lipinski definition) is 6. The van der Waals surface area contributed by atoms with E-state index in [-0.39, 0.29) is 11.3 Å². The third-order valence-corrected chi connectivity index (χ3v) is 4.13. The van der Waals surface area contributed by atoms with Crippen LogP contribution < -0.4 is 5.32 Å². The van der Waals surface area contributed by atoms with Crippen LogP contribution in [0.25, 0.3) is 17.0 Å². The second kappa shape index (κ2) is 8.83. The van der Waals surface area contributed by atoms with Gasteiger partial charge in [-0.05, 0) is 31.2 Å². The van der Waals surface area contributed by atoms with Crippen molar-refractivity contribution in [3.05, 3.63) is 82.1 Å². The molecule has 0 saturated carbocycles. The minimum absolute atomic E-state index is 0.131. The van der Waals surface area contributed by atoms with Crippen molar-refractivity contribution in [2.75, 3.05) is 6.61 Å². The summed E-state index contributed by atoms with van der Waals surface area (Å²) in [6, 6.07) is 14.9. The Morgan fingerprint density at radius 1 is 1.21 bits per heavy atom. The Balaban J connectivity index is 1.52. The molecule has 0 radical (unpaired) electrons. The van der Waals surface area contributed by atoms with Crippen LogP contribution in [0.4, 0.5) is 5.69 Å². The molecule has 8 heteroatoms. The summed E-state index contributed by atoms with van der Waals surface area (Å²) in [5.41, 5.74) is 0.849. The van der Waals surface area contributed by atoms with E-state index in [1.54, 1.807) is 13.0 Å². The van der Waals surface area contributed by atoms with Crippen LogP contribution in [0.3, 0.4) is 0 Å². The van der Waals surface area contributed by atoms with E-state index >= 15 is 0 Å². The number of esters is 1. The van der Waals surface area contributed by atoms with Crippen molar-refractivity contribution >= 4 is 34.6 Å². The first-order valence-electron chi connectivity index (χ1n) is 8.80. The van der Waals surface area contributed by atoms with Gasteiger partial charge in [0.2, 0.25) is 0 Å². The molecule has 0 aliphatic carbocycles. The molecular weight excluding hydrogens is 376 g/mol. The van der Waals surface area contributed by atoms with Crippen molar-refractivity contribution in [1.82, 2.24) is 5.32 Å². The largest absolute Gasteiger partial charge is 0.459 e. The van der Waals surface area contributed by atoms with Crippen LogP contribution in [0.2, 0.25) is 0 Å². The Morgan fingerprint density at radius 3 is 2.69 bits per heavy atom. The fourth-order valence-electron chi connectivity index (χ4n) is 2.71. The van der Waals surface area contributed by atoms with Gasteiger partial charge < -0.3 is 14.5 Å². The zero-order valence-corrected chi connectivity index (χ0v) is 15.5. The van der Waals surface area contributed by atoms with Crippen molar-refractivity contribution in [2.45, 2.75) is 13.0 Å². The summed E-state index contributed by atoms with van der Waals surface area (Å²) < 4.78 is 10.6. The zero-order valence-electron chi connectivity index (χ0n) is 15.5. The molecule has 1 amide bonds. The number of carbonyl (C=O) groups excluding carboxylic acids is 2. The molecule has 3 aromatic rings. The lowest BCUT2D eigenvalue weighted by Crippen LogP contribution is -2.30. The highest BCUT2D eigenvalue weighted by Crippen LogP contribution is 2.23. The predicted octanol–water partition coefficient (Wildman–Crippen LogP) is 3.77. The third-order valence-electron chi connectivity index (χ3n) is 4.13. The number of nitro groups is 1. The van der Waals surface area contributed by atoms with Gasteiger partial charge in [-0.3, -0.25) is 14.9 Å². The fraction of sp³-hybridized carbons (Fsp3) is 0.143. The maximum absolute atomic E-state index is 12.0. The number of nitro benzene ring substituents is 1. The minimum atomic E-state index is -0.783. The Labute approximate surface area is 165 Å². The number of hydrogen-bond donors (Lipinski definition) is 1. The Hall–Kier alpha value is -3.94. The predicted molar refractivity (Wildman–Crippen MR) is 106 cm³/mol. The van der Waals surface area contributed by atoms with Crippen molar-refractivity contribution in [3.8, 4) is 0 Å². The van der Waals surface area contributed by atoms with Crippen molar-refractivity contribution in [1.29, 1.82) is 0 Å². The molecule has 1 heterocycles. The molecule has 29 heavy (non-hydrogen) atoms. The maximum atomic E-state index is 12.0. The van der Waals surface area contributed by atoms with E-state index in [1.165, 1.54) is 24.3 Å². The number of nitrogens with zero attached hydrogens (tertiary/aromatic N) is 1. The molecule has 0 aliphatic rings. The Morgan fingerprint density at radius 2 is 1.93 bits per heavy atom. The highest BCUT2D eigenvalue weighted by molar-refractivity contribution is 5.90. The van der Waals surface area contributed by atoms with Crippen LogP contribution in [0.1, 0.15) is 24.3 Å². The monoisotopic (exact) mass is 394 g/mol.